The van der Waals surface area contributed by atoms with Gasteiger partial charge in [-0.25, -0.2) is 4.98 Å². The second-order valence-corrected chi connectivity index (χ2v) is 6.48. The Bertz CT molecular complexity index is 379. The molecule has 0 bridgehead atoms. The molecule has 0 spiro atoms. The standard InChI is InChI=1S/C13H22N2OS/c1-8-5-9(2)7-15(6-8)13-14-10(3)12(17-13)11(4)16/h8-9,11,16H,5-7H2,1-4H3. The van der Waals surface area contributed by atoms with Gasteiger partial charge in [0.05, 0.1) is 16.7 Å². The Morgan fingerprint density at radius 3 is 2.41 bits per heavy atom. The van der Waals surface area contributed by atoms with Crippen molar-refractivity contribution in [2.45, 2.75) is 40.2 Å². The summed E-state index contributed by atoms with van der Waals surface area (Å²) in [5.41, 5.74) is 0.978. The van der Waals surface area contributed by atoms with E-state index in [0.717, 1.165) is 40.6 Å². The Labute approximate surface area is 107 Å². The monoisotopic (exact) mass is 254 g/mol. The van der Waals surface area contributed by atoms with Crippen LogP contribution in [0.25, 0.3) is 0 Å². The molecule has 1 fully saturated rings. The Hall–Kier alpha value is -0.610. The molecule has 3 nitrogen and oxygen atoms in total. The summed E-state index contributed by atoms with van der Waals surface area (Å²) in [6.07, 6.45) is 0.908. The minimum absolute atomic E-state index is 0.402. The predicted octanol–water partition coefficient (Wildman–Crippen LogP) is 2.99. The van der Waals surface area contributed by atoms with Crippen molar-refractivity contribution in [1.82, 2.24) is 4.98 Å². The van der Waals surface area contributed by atoms with Crippen LogP contribution in [0.2, 0.25) is 0 Å². The highest BCUT2D eigenvalue weighted by Crippen LogP contribution is 2.33. The lowest BCUT2D eigenvalue weighted by Crippen LogP contribution is -2.38. The molecule has 0 amide bonds. The van der Waals surface area contributed by atoms with Gasteiger partial charge in [0.15, 0.2) is 5.13 Å². The van der Waals surface area contributed by atoms with Gasteiger partial charge in [-0.15, -0.1) is 0 Å². The number of nitrogens with zero attached hydrogens (tertiary/aromatic N) is 2. The number of anilines is 1. The van der Waals surface area contributed by atoms with Gasteiger partial charge in [-0.3, -0.25) is 0 Å². The first-order valence-electron chi connectivity index (χ1n) is 6.37. The zero-order valence-electron chi connectivity index (χ0n) is 11.1. The molecule has 2 rings (SSSR count). The summed E-state index contributed by atoms with van der Waals surface area (Å²) in [5, 5.41) is 10.8. The fourth-order valence-corrected chi connectivity index (χ4v) is 3.76. The molecule has 1 aromatic heterocycles. The molecule has 4 heteroatoms. The lowest BCUT2D eigenvalue weighted by molar-refractivity contribution is 0.202. The number of aromatic nitrogens is 1. The van der Waals surface area contributed by atoms with Crippen LogP contribution in [0.15, 0.2) is 0 Å². The number of hydrogen-bond donors (Lipinski definition) is 1. The first-order valence-corrected chi connectivity index (χ1v) is 7.19. The van der Waals surface area contributed by atoms with Crippen LogP contribution in [0.1, 0.15) is 43.9 Å². The summed E-state index contributed by atoms with van der Waals surface area (Å²) in [4.78, 5) is 7.99. The topological polar surface area (TPSA) is 36.4 Å². The van der Waals surface area contributed by atoms with Crippen LogP contribution in [0.3, 0.4) is 0 Å². The lowest BCUT2D eigenvalue weighted by atomic mass is 9.92. The SMILES string of the molecule is Cc1nc(N2CC(C)CC(C)C2)sc1C(C)O. The van der Waals surface area contributed by atoms with Crippen LogP contribution in [0.5, 0.6) is 0 Å². The third-order valence-electron chi connectivity index (χ3n) is 3.34. The van der Waals surface area contributed by atoms with E-state index < -0.39 is 6.10 Å². The number of rotatable bonds is 2. The molecule has 17 heavy (non-hydrogen) atoms. The van der Waals surface area contributed by atoms with Gasteiger partial charge in [0.25, 0.3) is 0 Å². The van der Waals surface area contributed by atoms with Crippen LogP contribution < -0.4 is 4.90 Å². The van der Waals surface area contributed by atoms with E-state index in [-0.39, 0.29) is 0 Å². The Balaban J connectivity index is 2.19. The van der Waals surface area contributed by atoms with Crippen LogP contribution in [-0.2, 0) is 0 Å². The quantitative estimate of drug-likeness (QED) is 0.881. The van der Waals surface area contributed by atoms with E-state index in [1.807, 2.05) is 13.8 Å². The second kappa shape index (κ2) is 4.94. The average molecular weight is 254 g/mol. The van der Waals surface area contributed by atoms with Crippen molar-refractivity contribution in [3.05, 3.63) is 10.6 Å². The van der Waals surface area contributed by atoms with Gasteiger partial charge in [0, 0.05) is 13.1 Å². The third kappa shape index (κ3) is 2.80. The maximum absolute atomic E-state index is 9.67. The fraction of sp³-hybridized carbons (Fsp3) is 0.769. The number of piperidine rings is 1. The van der Waals surface area contributed by atoms with Crippen molar-refractivity contribution in [3.63, 3.8) is 0 Å². The molecule has 0 aliphatic carbocycles. The van der Waals surface area contributed by atoms with Gasteiger partial charge in [0.2, 0.25) is 0 Å². The Kier molecular flexibility index (Phi) is 3.73. The zero-order chi connectivity index (χ0) is 12.6. The van der Waals surface area contributed by atoms with Crippen molar-refractivity contribution < 1.29 is 5.11 Å². The van der Waals surface area contributed by atoms with Crippen molar-refractivity contribution in [2.24, 2.45) is 11.8 Å². The normalized spacial score (nSPS) is 27.2. The van der Waals surface area contributed by atoms with Crippen LogP contribution in [-0.4, -0.2) is 23.2 Å². The highest BCUT2D eigenvalue weighted by molar-refractivity contribution is 7.15. The van der Waals surface area contributed by atoms with E-state index in [1.54, 1.807) is 11.3 Å². The van der Waals surface area contributed by atoms with E-state index in [1.165, 1.54) is 6.42 Å². The zero-order valence-corrected chi connectivity index (χ0v) is 11.9. The van der Waals surface area contributed by atoms with E-state index in [4.69, 9.17) is 0 Å². The smallest absolute Gasteiger partial charge is 0.185 e. The first kappa shape index (κ1) is 12.8. The predicted molar refractivity (Wildman–Crippen MR) is 72.6 cm³/mol. The lowest BCUT2D eigenvalue weighted by Gasteiger charge is -2.34. The number of aliphatic hydroxyl groups is 1. The van der Waals surface area contributed by atoms with Gasteiger partial charge in [-0.1, -0.05) is 25.2 Å². The molecule has 1 aliphatic rings. The summed E-state index contributed by atoms with van der Waals surface area (Å²) < 4.78 is 0. The van der Waals surface area contributed by atoms with E-state index in [0.29, 0.717) is 0 Å². The summed E-state index contributed by atoms with van der Waals surface area (Å²) in [6, 6.07) is 0. The second-order valence-electron chi connectivity index (χ2n) is 5.47. The maximum atomic E-state index is 9.67. The highest BCUT2D eigenvalue weighted by atomic mass is 32.1. The number of aryl methyl sites for hydroxylation is 1. The fourth-order valence-electron chi connectivity index (χ4n) is 2.74. The molecule has 0 aromatic carbocycles. The highest BCUT2D eigenvalue weighted by Gasteiger charge is 2.25. The van der Waals surface area contributed by atoms with Gasteiger partial charge in [-0.2, -0.15) is 0 Å². The van der Waals surface area contributed by atoms with Crippen molar-refractivity contribution >= 4 is 16.5 Å². The molecule has 2 heterocycles. The number of hydrogen-bond acceptors (Lipinski definition) is 4. The summed E-state index contributed by atoms with van der Waals surface area (Å²) in [7, 11) is 0. The van der Waals surface area contributed by atoms with Crippen molar-refractivity contribution in [2.75, 3.05) is 18.0 Å². The number of thiazole rings is 1. The van der Waals surface area contributed by atoms with Crippen molar-refractivity contribution in [3.8, 4) is 0 Å². The molecular formula is C13H22N2OS. The number of aliphatic hydroxyl groups excluding tert-OH is 1. The molecule has 1 aromatic rings. The maximum Gasteiger partial charge on any atom is 0.185 e. The van der Waals surface area contributed by atoms with Crippen molar-refractivity contribution in [1.29, 1.82) is 0 Å². The van der Waals surface area contributed by atoms with Gasteiger partial charge in [-0.05, 0) is 32.1 Å². The van der Waals surface area contributed by atoms with E-state index in [9.17, 15) is 5.11 Å². The van der Waals surface area contributed by atoms with Crippen LogP contribution in [0.4, 0.5) is 5.13 Å². The molecule has 0 saturated carbocycles. The molecule has 1 saturated heterocycles. The molecule has 0 radical (unpaired) electrons. The largest absolute Gasteiger partial charge is 0.388 e. The van der Waals surface area contributed by atoms with Gasteiger partial charge >= 0.3 is 0 Å². The molecular weight excluding hydrogens is 232 g/mol. The first-order chi connectivity index (χ1) is 7.97. The molecule has 1 aliphatic heterocycles. The average Bonchev–Trinajstić information content (AvgIpc) is 2.59. The minimum Gasteiger partial charge on any atom is -0.388 e. The van der Waals surface area contributed by atoms with E-state index in [2.05, 4.69) is 23.7 Å². The molecule has 96 valence electrons. The summed E-state index contributed by atoms with van der Waals surface area (Å²) in [6.45, 7) is 10.6. The molecule has 3 unspecified atom stereocenters. The molecule has 1 N–H and O–H groups in total. The van der Waals surface area contributed by atoms with Crippen LogP contribution in [0, 0.1) is 18.8 Å². The van der Waals surface area contributed by atoms with Gasteiger partial charge in [0.1, 0.15) is 0 Å². The van der Waals surface area contributed by atoms with E-state index >= 15 is 0 Å². The minimum atomic E-state index is -0.402. The third-order valence-corrected chi connectivity index (χ3v) is 4.73. The van der Waals surface area contributed by atoms with Gasteiger partial charge < -0.3 is 10.0 Å². The molecule has 3 atom stereocenters. The Morgan fingerprint density at radius 2 is 1.94 bits per heavy atom. The summed E-state index contributed by atoms with van der Waals surface area (Å²) >= 11 is 1.64. The van der Waals surface area contributed by atoms with Crippen LogP contribution >= 0.6 is 11.3 Å². The summed E-state index contributed by atoms with van der Waals surface area (Å²) in [5.74, 6) is 1.47. The Morgan fingerprint density at radius 1 is 1.35 bits per heavy atom.